The summed E-state index contributed by atoms with van der Waals surface area (Å²) in [5, 5.41) is 13.9. The molecule has 10 heteroatoms. The third kappa shape index (κ3) is 3.38. The lowest BCUT2D eigenvalue weighted by Crippen LogP contribution is -2.46. The van der Waals surface area contributed by atoms with Crippen molar-refractivity contribution in [2.75, 3.05) is 13.1 Å². The molecular weight excluding hydrogens is 392 g/mol. The molecule has 150 valence electrons. The van der Waals surface area contributed by atoms with Gasteiger partial charge in [-0.05, 0) is 30.4 Å². The lowest BCUT2D eigenvalue weighted by molar-refractivity contribution is -0.389. The van der Waals surface area contributed by atoms with Gasteiger partial charge in [0.1, 0.15) is 16.8 Å². The fourth-order valence-electron chi connectivity index (χ4n) is 4.04. The minimum atomic E-state index is -0.498. The van der Waals surface area contributed by atoms with Crippen molar-refractivity contribution in [3.8, 4) is 16.7 Å². The maximum absolute atomic E-state index is 10.9. The monoisotopic (exact) mass is 412 g/mol. The van der Waals surface area contributed by atoms with Crippen LogP contribution in [0, 0.1) is 17.0 Å². The molecular formula is C19H20N6O3S. The summed E-state index contributed by atoms with van der Waals surface area (Å²) in [5.74, 6) is -0.175. The molecule has 1 atom stereocenters. The standard InChI is InChI=1S/C19H20N6O3S/c1-12-9-29-17(20-12)15-4-3-13-7-23(6-5-14(13)21-15)10-19(2)11-24-8-16(25(26)27)22-18(24)28-19/h3-4,8-9H,5-7,10-11H2,1-2H3. The summed E-state index contributed by atoms with van der Waals surface area (Å²) in [4.78, 5) is 26.1. The highest BCUT2D eigenvalue weighted by molar-refractivity contribution is 7.13. The molecule has 1 unspecified atom stereocenters. The first-order valence-corrected chi connectivity index (χ1v) is 10.3. The topological polar surface area (TPSA) is 99.2 Å². The van der Waals surface area contributed by atoms with Gasteiger partial charge >= 0.3 is 11.8 Å². The van der Waals surface area contributed by atoms with Crippen LogP contribution in [-0.4, -0.2) is 48.0 Å². The smallest absolute Gasteiger partial charge is 0.415 e. The number of ether oxygens (including phenoxy) is 1. The van der Waals surface area contributed by atoms with Crippen molar-refractivity contribution in [2.45, 2.75) is 39.0 Å². The second kappa shape index (κ2) is 6.60. The number of fused-ring (bicyclic) bond motifs is 2. The fraction of sp³-hybridized carbons (Fsp3) is 0.421. The third-order valence-electron chi connectivity index (χ3n) is 5.28. The van der Waals surface area contributed by atoms with Crippen LogP contribution >= 0.6 is 11.3 Å². The molecule has 0 spiro atoms. The van der Waals surface area contributed by atoms with Crippen molar-refractivity contribution in [1.82, 2.24) is 24.4 Å². The highest BCUT2D eigenvalue weighted by Crippen LogP contribution is 2.33. The molecule has 5 rings (SSSR count). The predicted molar refractivity (Wildman–Crippen MR) is 107 cm³/mol. The van der Waals surface area contributed by atoms with Crippen LogP contribution in [0.15, 0.2) is 23.7 Å². The van der Waals surface area contributed by atoms with E-state index in [0.29, 0.717) is 12.6 Å². The van der Waals surface area contributed by atoms with E-state index >= 15 is 0 Å². The lowest BCUT2D eigenvalue weighted by atomic mass is 10.0. The van der Waals surface area contributed by atoms with E-state index in [9.17, 15) is 10.1 Å². The van der Waals surface area contributed by atoms with Crippen LogP contribution in [0.4, 0.5) is 5.82 Å². The molecule has 9 nitrogen and oxygen atoms in total. The summed E-state index contributed by atoms with van der Waals surface area (Å²) in [6.07, 6.45) is 2.32. The number of thiazole rings is 1. The van der Waals surface area contributed by atoms with Gasteiger partial charge in [0.25, 0.3) is 0 Å². The van der Waals surface area contributed by atoms with Crippen LogP contribution in [0.5, 0.6) is 6.01 Å². The second-order valence-corrected chi connectivity index (χ2v) is 8.73. The van der Waals surface area contributed by atoms with Crippen molar-refractivity contribution in [1.29, 1.82) is 0 Å². The van der Waals surface area contributed by atoms with Gasteiger partial charge in [0.2, 0.25) is 0 Å². The summed E-state index contributed by atoms with van der Waals surface area (Å²) < 4.78 is 7.70. The molecule has 2 aliphatic rings. The summed E-state index contributed by atoms with van der Waals surface area (Å²) in [6.45, 7) is 6.98. The minimum absolute atomic E-state index is 0.175. The Morgan fingerprint density at radius 1 is 1.34 bits per heavy atom. The van der Waals surface area contributed by atoms with E-state index in [-0.39, 0.29) is 5.82 Å². The average Bonchev–Trinajstić information content (AvgIpc) is 3.34. The first-order valence-electron chi connectivity index (χ1n) is 9.43. The zero-order chi connectivity index (χ0) is 20.2. The second-order valence-electron chi connectivity index (χ2n) is 7.88. The maximum Gasteiger partial charge on any atom is 0.415 e. The minimum Gasteiger partial charge on any atom is -0.436 e. The van der Waals surface area contributed by atoms with Gasteiger partial charge < -0.3 is 14.9 Å². The van der Waals surface area contributed by atoms with E-state index in [4.69, 9.17) is 9.72 Å². The van der Waals surface area contributed by atoms with Crippen molar-refractivity contribution in [3.63, 3.8) is 0 Å². The maximum atomic E-state index is 10.9. The average molecular weight is 412 g/mol. The normalized spacial score (nSPS) is 20.9. The summed E-state index contributed by atoms with van der Waals surface area (Å²) in [6, 6.07) is 4.51. The Labute approximate surface area is 171 Å². The largest absolute Gasteiger partial charge is 0.436 e. The fourth-order valence-corrected chi connectivity index (χ4v) is 4.80. The molecule has 2 aliphatic heterocycles. The quantitative estimate of drug-likeness (QED) is 0.480. The van der Waals surface area contributed by atoms with Gasteiger partial charge in [0.15, 0.2) is 0 Å². The molecule has 0 amide bonds. The lowest BCUT2D eigenvalue weighted by Gasteiger charge is -2.34. The van der Waals surface area contributed by atoms with Crippen LogP contribution in [0.1, 0.15) is 23.9 Å². The molecule has 29 heavy (non-hydrogen) atoms. The summed E-state index contributed by atoms with van der Waals surface area (Å²) >= 11 is 1.62. The highest BCUT2D eigenvalue weighted by Gasteiger charge is 2.41. The molecule has 0 aliphatic carbocycles. The van der Waals surface area contributed by atoms with Gasteiger partial charge in [-0.15, -0.1) is 11.3 Å². The van der Waals surface area contributed by atoms with Crippen molar-refractivity contribution in [2.24, 2.45) is 0 Å². The number of nitrogens with zero attached hydrogens (tertiary/aromatic N) is 6. The summed E-state index contributed by atoms with van der Waals surface area (Å²) in [5.41, 5.74) is 3.86. The zero-order valence-corrected chi connectivity index (χ0v) is 17.0. The van der Waals surface area contributed by atoms with E-state index in [1.807, 2.05) is 25.3 Å². The molecule has 3 aromatic rings. The SMILES string of the molecule is Cc1csc(-c2ccc3c(n2)CCN(CC2(C)Cn4cc([N+](=O)[O-])nc4O2)C3)n1. The van der Waals surface area contributed by atoms with Gasteiger partial charge in [-0.2, -0.15) is 0 Å². The van der Waals surface area contributed by atoms with E-state index in [0.717, 1.165) is 48.1 Å². The number of pyridine rings is 1. The van der Waals surface area contributed by atoms with Crippen molar-refractivity contribution in [3.05, 3.63) is 50.8 Å². The Hall–Kier alpha value is -2.85. The van der Waals surface area contributed by atoms with Crippen LogP contribution in [-0.2, 0) is 19.5 Å². The Morgan fingerprint density at radius 2 is 2.21 bits per heavy atom. The van der Waals surface area contributed by atoms with Gasteiger partial charge in [0.05, 0.1) is 12.2 Å². The molecule has 0 N–H and O–H groups in total. The first kappa shape index (κ1) is 18.2. The molecule has 3 aromatic heterocycles. The van der Waals surface area contributed by atoms with Crippen molar-refractivity contribution >= 4 is 17.2 Å². The number of rotatable bonds is 4. The molecule has 0 saturated heterocycles. The van der Waals surface area contributed by atoms with Gasteiger partial charge in [-0.1, -0.05) is 6.07 Å². The highest BCUT2D eigenvalue weighted by atomic mass is 32.1. The van der Waals surface area contributed by atoms with Crippen LogP contribution in [0.2, 0.25) is 0 Å². The number of aromatic nitrogens is 4. The van der Waals surface area contributed by atoms with Gasteiger partial charge in [-0.25, -0.2) is 9.97 Å². The summed E-state index contributed by atoms with van der Waals surface area (Å²) in [7, 11) is 0. The number of hydrogen-bond acceptors (Lipinski definition) is 8. The van der Waals surface area contributed by atoms with E-state index < -0.39 is 10.5 Å². The number of nitro groups is 1. The van der Waals surface area contributed by atoms with E-state index in [1.165, 1.54) is 11.8 Å². The Morgan fingerprint density at radius 3 is 2.93 bits per heavy atom. The molecule has 0 saturated carbocycles. The van der Waals surface area contributed by atoms with E-state index in [1.54, 1.807) is 15.9 Å². The van der Waals surface area contributed by atoms with Crippen LogP contribution in [0.25, 0.3) is 10.7 Å². The van der Waals surface area contributed by atoms with E-state index in [2.05, 4.69) is 20.9 Å². The zero-order valence-electron chi connectivity index (χ0n) is 16.2. The molecule has 0 radical (unpaired) electrons. The first-order chi connectivity index (χ1) is 13.9. The molecule has 0 fully saturated rings. The molecule has 0 bridgehead atoms. The number of imidazole rings is 1. The number of hydrogen-bond donors (Lipinski definition) is 0. The Balaban J connectivity index is 1.28. The number of aryl methyl sites for hydroxylation is 1. The molecule has 5 heterocycles. The Bertz CT molecular complexity index is 1080. The van der Waals surface area contributed by atoms with Crippen LogP contribution in [0.3, 0.4) is 0 Å². The predicted octanol–water partition coefficient (Wildman–Crippen LogP) is 2.83. The van der Waals surface area contributed by atoms with Crippen molar-refractivity contribution < 1.29 is 9.66 Å². The molecule has 0 aromatic carbocycles. The van der Waals surface area contributed by atoms with Gasteiger partial charge in [-0.3, -0.25) is 9.47 Å². The van der Waals surface area contributed by atoms with Gasteiger partial charge in [0, 0.05) is 47.8 Å². The van der Waals surface area contributed by atoms with Crippen LogP contribution < -0.4 is 4.74 Å². The Kier molecular flexibility index (Phi) is 4.14. The third-order valence-corrected chi connectivity index (χ3v) is 6.26.